The fourth-order valence-corrected chi connectivity index (χ4v) is 2.10. The summed E-state index contributed by atoms with van der Waals surface area (Å²) in [5, 5.41) is 9.92. The predicted octanol–water partition coefficient (Wildman–Crippen LogP) is 1.27. The van der Waals surface area contributed by atoms with Crippen LogP contribution in [0.25, 0.3) is 0 Å². The molecule has 2 atom stereocenters. The van der Waals surface area contributed by atoms with Crippen LogP contribution in [0.2, 0.25) is 0 Å². The molecule has 0 heterocycles. The Morgan fingerprint density at radius 2 is 2.00 bits per heavy atom. The van der Waals surface area contributed by atoms with Crippen molar-refractivity contribution in [3.63, 3.8) is 0 Å². The highest BCUT2D eigenvalue weighted by molar-refractivity contribution is 5.76. The predicted molar refractivity (Wildman–Crippen MR) is 85.1 cm³/mol. The third-order valence-electron chi connectivity index (χ3n) is 3.53. The molecule has 1 rings (SSSR count). The van der Waals surface area contributed by atoms with Gasteiger partial charge in [-0.05, 0) is 12.1 Å². The lowest BCUT2D eigenvalue weighted by Gasteiger charge is -2.23. The number of hydrogen-bond acceptors (Lipinski definition) is 5. The highest BCUT2D eigenvalue weighted by Crippen LogP contribution is 2.35. The molecule has 0 saturated carbocycles. The smallest absolute Gasteiger partial charge is 0.419 e. The van der Waals surface area contributed by atoms with Crippen LogP contribution in [0.5, 0.6) is 5.75 Å². The fraction of sp³-hybridized carbons (Fsp3) is 0.562. The van der Waals surface area contributed by atoms with E-state index >= 15 is 0 Å². The zero-order valence-electron chi connectivity index (χ0n) is 14.1. The van der Waals surface area contributed by atoms with Crippen LogP contribution < -0.4 is 10.5 Å². The van der Waals surface area contributed by atoms with Crippen LogP contribution >= 0.6 is 0 Å². The molecule has 0 aromatic heterocycles. The molecular formula is C16H23F3N2O4. The van der Waals surface area contributed by atoms with E-state index in [2.05, 4.69) is 0 Å². The van der Waals surface area contributed by atoms with E-state index in [1.165, 1.54) is 37.3 Å². The highest BCUT2D eigenvalue weighted by Gasteiger charge is 2.34. The summed E-state index contributed by atoms with van der Waals surface area (Å²) in [5.41, 5.74) is 4.52. The number of nitrogens with zero attached hydrogens (tertiary/aromatic N) is 1. The number of aliphatic hydroxyl groups excluding tert-OH is 1. The van der Waals surface area contributed by atoms with E-state index in [0.717, 1.165) is 6.07 Å². The monoisotopic (exact) mass is 364 g/mol. The maximum absolute atomic E-state index is 12.9. The van der Waals surface area contributed by atoms with Crippen LogP contribution in [0.15, 0.2) is 24.3 Å². The molecule has 0 radical (unpaired) electrons. The van der Waals surface area contributed by atoms with E-state index in [-0.39, 0.29) is 37.8 Å². The molecule has 1 aromatic rings. The Labute approximate surface area is 144 Å². The largest absolute Gasteiger partial charge is 0.490 e. The van der Waals surface area contributed by atoms with Gasteiger partial charge in [0.25, 0.3) is 0 Å². The molecule has 0 saturated heterocycles. The molecule has 3 N–H and O–H groups in total. The zero-order chi connectivity index (χ0) is 19.0. The molecule has 142 valence electrons. The van der Waals surface area contributed by atoms with Crippen LogP contribution in [-0.2, 0) is 15.7 Å². The molecule has 0 aliphatic heterocycles. The number of rotatable bonds is 9. The van der Waals surface area contributed by atoms with Gasteiger partial charge in [0.05, 0.1) is 18.1 Å². The number of benzene rings is 1. The summed E-state index contributed by atoms with van der Waals surface area (Å²) in [6.45, 7) is -0.292. The van der Waals surface area contributed by atoms with Gasteiger partial charge in [-0.15, -0.1) is 0 Å². The van der Waals surface area contributed by atoms with Crippen molar-refractivity contribution in [1.29, 1.82) is 0 Å². The lowest BCUT2D eigenvalue weighted by molar-refractivity contribution is -0.139. The maximum Gasteiger partial charge on any atom is 0.419 e. The number of amides is 1. The molecule has 0 spiro atoms. The minimum atomic E-state index is -4.55. The number of nitrogens with two attached hydrogens (primary N) is 1. The van der Waals surface area contributed by atoms with Crippen molar-refractivity contribution in [3.8, 4) is 5.75 Å². The van der Waals surface area contributed by atoms with Gasteiger partial charge in [-0.2, -0.15) is 13.2 Å². The molecular weight excluding hydrogens is 341 g/mol. The Balaban J connectivity index is 2.55. The molecule has 0 fully saturated rings. The fourth-order valence-electron chi connectivity index (χ4n) is 2.10. The molecule has 0 aliphatic carbocycles. The van der Waals surface area contributed by atoms with Gasteiger partial charge in [-0.3, -0.25) is 4.79 Å². The van der Waals surface area contributed by atoms with Gasteiger partial charge < -0.3 is 25.2 Å². The second kappa shape index (κ2) is 9.59. The summed E-state index contributed by atoms with van der Waals surface area (Å²) in [6, 6.07) is 4.73. The number of ether oxygens (including phenoxy) is 2. The Bertz CT molecular complexity index is 550. The quantitative estimate of drug-likeness (QED) is 0.689. The number of methoxy groups -OCH3 is 1. The first-order valence-corrected chi connectivity index (χ1v) is 7.63. The summed E-state index contributed by atoms with van der Waals surface area (Å²) < 4.78 is 48.7. The lowest BCUT2D eigenvalue weighted by Crippen LogP contribution is -2.39. The van der Waals surface area contributed by atoms with E-state index in [4.69, 9.17) is 15.2 Å². The van der Waals surface area contributed by atoms with Gasteiger partial charge in [0.2, 0.25) is 5.91 Å². The van der Waals surface area contributed by atoms with Gasteiger partial charge in [0.15, 0.2) is 0 Å². The summed E-state index contributed by atoms with van der Waals surface area (Å²) in [7, 11) is 2.91. The van der Waals surface area contributed by atoms with Crippen molar-refractivity contribution in [1.82, 2.24) is 4.90 Å². The van der Waals surface area contributed by atoms with Crippen molar-refractivity contribution in [2.45, 2.75) is 24.8 Å². The first-order valence-electron chi connectivity index (χ1n) is 7.63. The third-order valence-corrected chi connectivity index (χ3v) is 3.53. The Kier molecular flexibility index (Phi) is 8.14. The van der Waals surface area contributed by atoms with Gasteiger partial charge in [0, 0.05) is 27.2 Å². The second-order valence-corrected chi connectivity index (χ2v) is 5.53. The van der Waals surface area contributed by atoms with Crippen LogP contribution in [0.1, 0.15) is 12.0 Å². The van der Waals surface area contributed by atoms with E-state index < -0.39 is 23.9 Å². The van der Waals surface area contributed by atoms with Gasteiger partial charge >= 0.3 is 6.18 Å². The summed E-state index contributed by atoms with van der Waals surface area (Å²) in [4.78, 5) is 13.2. The first kappa shape index (κ1) is 21.2. The summed E-state index contributed by atoms with van der Waals surface area (Å²) in [6.07, 6.45) is -6.07. The van der Waals surface area contributed by atoms with Crippen molar-refractivity contribution in [2.75, 3.05) is 33.9 Å². The van der Waals surface area contributed by atoms with Crippen LogP contribution in [0.3, 0.4) is 0 Å². The molecule has 2 unspecified atom stereocenters. The maximum atomic E-state index is 12.9. The van der Waals surface area contributed by atoms with E-state index in [1.54, 1.807) is 0 Å². The van der Waals surface area contributed by atoms with Crippen molar-refractivity contribution in [2.24, 2.45) is 5.73 Å². The normalized spacial score (nSPS) is 14.0. The van der Waals surface area contributed by atoms with Gasteiger partial charge in [-0.25, -0.2) is 0 Å². The van der Waals surface area contributed by atoms with Crippen molar-refractivity contribution in [3.05, 3.63) is 29.8 Å². The minimum Gasteiger partial charge on any atom is -0.490 e. The number of likely N-dealkylation sites (N-methyl/N-ethyl adjacent to an activating group) is 1. The number of aliphatic hydroxyl groups is 1. The number of para-hydroxylation sites is 1. The van der Waals surface area contributed by atoms with Crippen molar-refractivity contribution >= 4 is 5.91 Å². The average molecular weight is 364 g/mol. The molecule has 0 bridgehead atoms. The molecule has 9 heteroatoms. The molecule has 1 amide bonds. The van der Waals surface area contributed by atoms with Gasteiger partial charge in [0.1, 0.15) is 18.5 Å². The second-order valence-electron chi connectivity index (χ2n) is 5.53. The standard InChI is InChI=1S/C16H23F3N2O4/c1-21(15(23)7-12(8-20)24-2)9-11(22)10-25-14-6-4-3-5-13(14)16(17,18)19/h3-6,11-12,22H,7-10,20H2,1-2H3. The van der Waals surface area contributed by atoms with Gasteiger partial charge in [-0.1, -0.05) is 12.1 Å². The Hall–Kier alpha value is -1.84. The van der Waals surface area contributed by atoms with Crippen LogP contribution in [-0.4, -0.2) is 62.0 Å². The average Bonchev–Trinajstić information content (AvgIpc) is 2.56. The topological polar surface area (TPSA) is 85.0 Å². The lowest BCUT2D eigenvalue weighted by atomic mass is 10.2. The summed E-state index contributed by atoms with van der Waals surface area (Å²) in [5.74, 6) is -0.669. The summed E-state index contributed by atoms with van der Waals surface area (Å²) >= 11 is 0. The van der Waals surface area contributed by atoms with Crippen molar-refractivity contribution < 1.29 is 32.5 Å². The SMILES string of the molecule is COC(CN)CC(=O)N(C)CC(O)COc1ccccc1C(F)(F)F. The minimum absolute atomic E-state index is 0.0496. The number of halogens is 3. The number of carbonyl (C=O) groups excluding carboxylic acids is 1. The first-order chi connectivity index (χ1) is 11.7. The number of hydrogen-bond donors (Lipinski definition) is 2. The number of carbonyl (C=O) groups is 1. The molecule has 1 aromatic carbocycles. The number of alkyl halides is 3. The highest BCUT2D eigenvalue weighted by atomic mass is 19.4. The third kappa shape index (κ3) is 6.89. The van der Waals surface area contributed by atoms with E-state index in [9.17, 15) is 23.1 Å². The Morgan fingerprint density at radius 3 is 2.56 bits per heavy atom. The zero-order valence-corrected chi connectivity index (χ0v) is 14.1. The molecule has 25 heavy (non-hydrogen) atoms. The van der Waals surface area contributed by atoms with Crippen LogP contribution in [0, 0.1) is 0 Å². The Morgan fingerprint density at radius 1 is 1.36 bits per heavy atom. The molecule has 6 nitrogen and oxygen atoms in total. The van der Waals surface area contributed by atoms with E-state index in [1.807, 2.05) is 0 Å². The molecule has 0 aliphatic rings. The van der Waals surface area contributed by atoms with E-state index in [0.29, 0.717) is 0 Å². The van der Waals surface area contributed by atoms with Crippen LogP contribution in [0.4, 0.5) is 13.2 Å².